The summed E-state index contributed by atoms with van der Waals surface area (Å²) in [5.41, 5.74) is -0.266. The summed E-state index contributed by atoms with van der Waals surface area (Å²) >= 11 is 0. The Morgan fingerprint density at radius 2 is 1.36 bits per heavy atom. The highest BCUT2D eigenvalue weighted by molar-refractivity contribution is 6.74. The highest BCUT2D eigenvalue weighted by Crippen LogP contribution is 2.56. The van der Waals surface area contributed by atoms with Gasteiger partial charge < -0.3 is 14.0 Å². The molecule has 25 heavy (non-hydrogen) atoms. The minimum Gasteiger partial charge on any atom is -0.411 e. The molecule has 0 aromatic carbocycles. The highest BCUT2D eigenvalue weighted by Gasteiger charge is 2.62. The van der Waals surface area contributed by atoms with Crippen molar-refractivity contribution in [2.75, 3.05) is 0 Å². The normalized spacial score (nSPS) is 34.4. The Bertz CT molecular complexity index is 490. The molecule has 0 unspecified atom stereocenters. The second-order valence-corrected chi connectivity index (χ2v) is 21.0. The third kappa shape index (κ3) is 3.82. The largest absolute Gasteiger partial charge is 0.411 e. The zero-order valence-electron chi connectivity index (χ0n) is 18.3. The van der Waals surface area contributed by atoms with Crippen LogP contribution in [-0.2, 0) is 8.85 Å². The van der Waals surface area contributed by atoms with Gasteiger partial charge in [-0.25, -0.2) is 0 Å². The summed E-state index contributed by atoms with van der Waals surface area (Å²) in [6.07, 6.45) is 3.79. The van der Waals surface area contributed by atoms with Crippen LogP contribution < -0.4 is 0 Å². The quantitative estimate of drug-likeness (QED) is 0.630. The maximum atomic E-state index is 10.6. The lowest BCUT2D eigenvalue weighted by molar-refractivity contribution is -0.0613. The van der Waals surface area contributed by atoms with Crippen molar-refractivity contribution < 1.29 is 14.0 Å². The monoisotopic (exact) mass is 386 g/mol. The molecule has 0 amide bonds. The van der Waals surface area contributed by atoms with E-state index >= 15 is 0 Å². The maximum absolute atomic E-state index is 10.6. The third-order valence-electron chi connectivity index (χ3n) is 7.70. The molecule has 0 aromatic heterocycles. The summed E-state index contributed by atoms with van der Waals surface area (Å²) in [5, 5.41) is 11.0. The van der Waals surface area contributed by atoms with Crippen LogP contribution in [0.1, 0.15) is 67.2 Å². The summed E-state index contributed by atoms with van der Waals surface area (Å²) < 4.78 is 14.0. The summed E-state index contributed by atoms with van der Waals surface area (Å²) in [6, 6.07) is 0. The molecule has 1 N–H and O–H groups in total. The van der Waals surface area contributed by atoms with E-state index in [-0.39, 0.29) is 33.8 Å². The van der Waals surface area contributed by atoms with E-state index in [1.54, 1.807) is 0 Å². The molecule has 3 nitrogen and oxygen atoms in total. The smallest absolute Gasteiger partial charge is 0.192 e. The van der Waals surface area contributed by atoms with Gasteiger partial charge in [-0.1, -0.05) is 41.5 Å². The van der Waals surface area contributed by atoms with Gasteiger partial charge in [-0.3, -0.25) is 0 Å². The topological polar surface area (TPSA) is 38.7 Å². The molecule has 2 aliphatic rings. The van der Waals surface area contributed by atoms with Gasteiger partial charge in [-0.2, -0.15) is 0 Å². The van der Waals surface area contributed by atoms with E-state index in [9.17, 15) is 5.11 Å². The summed E-state index contributed by atoms with van der Waals surface area (Å²) in [4.78, 5) is 0. The molecule has 5 heteroatoms. The molecule has 0 heterocycles. The predicted octanol–water partition coefficient (Wildman–Crippen LogP) is 5.70. The summed E-state index contributed by atoms with van der Waals surface area (Å²) in [7, 11) is -3.80. The molecule has 2 rings (SSSR count). The number of aliphatic hydroxyl groups excluding tert-OH is 1. The molecule has 0 aromatic rings. The number of aliphatic hydroxyl groups is 1. The van der Waals surface area contributed by atoms with Crippen LogP contribution in [0.25, 0.3) is 0 Å². The first kappa shape index (κ1) is 21.6. The van der Waals surface area contributed by atoms with Gasteiger partial charge in [-0.15, -0.1) is 0 Å². The fraction of sp³-hybridized carbons (Fsp3) is 1.00. The van der Waals surface area contributed by atoms with E-state index in [1.807, 2.05) is 0 Å². The van der Waals surface area contributed by atoms with Gasteiger partial charge in [0, 0.05) is 5.92 Å². The Labute approximate surface area is 158 Å². The molecule has 2 fully saturated rings. The molecule has 2 aliphatic carbocycles. The van der Waals surface area contributed by atoms with Crippen molar-refractivity contribution in [1.82, 2.24) is 0 Å². The highest BCUT2D eigenvalue weighted by atomic mass is 28.4. The molecular weight excluding hydrogens is 344 g/mol. The zero-order chi connectivity index (χ0) is 19.5. The van der Waals surface area contributed by atoms with Crippen LogP contribution in [0.15, 0.2) is 0 Å². The van der Waals surface area contributed by atoms with Crippen LogP contribution in [0.3, 0.4) is 0 Å². The van der Waals surface area contributed by atoms with Gasteiger partial charge >= 0.3 is 0 Å². The lowest BCUT2D eigenvalue weighted by Gasteiger charge is -2.49. The first-order valence-electron chi connectivity index (χ1n) is 10.1. The van der Waals surface area contributed by atoms with Crippen LogP contribution in [0.5, 0.6) is 0 Å². The van der Waals surface area contributed by atoms with Crippen molar-refractivity contribution in [3.05, 3.63) is 0 Å². The van der Waals surface area contributed by atoms with Gasteiger partial charge in [0.2, 0.25) is 0 Å². The van der Waals surface area contributed by atoms with E-state index < -0.39 is 16.6 Å². The van der Waals surface area contributed by atoms with E-state index in [2.05, 4.69) is 67.7 Å². The summed E-state index contributed by atoms with van der Waals surface area (Å²) in [5.74, 6) is 0.247. The zero-order valence-corrected chi connectivity index (χ0v) is 20.3. The molecule has 0 bridgehead atoms. The minimum atomic E-state index is -1.93. The standard InChI is InChI=1S/C20H42O3Si2/c1-18(2,3)24(7,8)22-17-12-11-15-16(21)13-14-20(15,17)23-25(9,10)19(4,5)6/h15-17,21H,11-14H2,1-10H3/t15-,16-,17-,20-/m1/s1. The fourth-order valence-corrected chi connectivity index (χ4v) is 7.03. The number of hydrogen-bond donors (Lipinski definition) is 1. The SMILES string of the molecule is CC(C)(C)[Si](C)(C)O[C@@H]1CC[C@@H]2[C@H](O)CC[C@@]21O[Si](C)(C)C(C)(C)C. The van der Waals surface area contributed by atoms with Crippen molar-refractivity contribution in [3.8, 4) is 0 Å². The molecule has 0 radical (unpaired) electrons. The second-order valence-electron chi connectivity index (χ2n) is 11.5. The van der Waals surface area contributed by atoms with Crippen LogP contribution in [0.4, 0.5) is 0 Å². The van der Waals surface area contributed by atoms with Gasteiger partial charge in [-0.05, 0) is 61.9 Å². The number of fused-ring (bicyclic) bond motifs is 1. The Morgan fingerprint density at radius 3 is 1.84 bits per heavy atom. The van der Waals surface area contributed by atoms with Crippen molar-refractivity contribution in [1.29, 1.82) is 0 Å². The van der Waals surface area contributed by atoms with Gasteiger partial charge in [0.1, 0.15) is 0 Å². The van der Waals surface area contributed by atoms with Gasteiger partial charge in [0.15, 0.2) is 16.6 Å². The van der Waals surface area contributed by atoms with E-state index in [0.29, 0.717) is 0 Å². The van der Waals surface area contributed by atoms with E-state index in [0.717, 1.165) is 25.7 Å². The fourth-order valence-electron chi connectivity index (χ4n) is 4.01. The van der Waals surface area contributed by atoms with Crippen molar-refractivity contribution >= 4 is 16.6 Å². The van der Waals surface area contributed by atoms with E-state index in [1.165, 1.54) is 0 Å². The Kier molecular flexibility index (Phi) is 5.56. The first-order valence-corrected chi connectivity index (χ1v) is 15.9. The number of hydrogen-bond acceptors (Lipinski definition) is 3. The number of rotatable bonds is 4. The van der Waals surface area contributed by atoms with Crippen molar-refractivity contribution in [3.63, 3.8) is 0 Å². The first-order chi connectivity index (χ1) is 11.0. The van der Waals surface area contributed by atoms with E-state index in [4.69, 9.17) is 8.85 Å². The predicted molar refractivity (Wildman–Crippen MR) is 111 cm³/mol. The van der Waals surface area contributed by atoms with Crippen molar-refractivity contribution in [2.45, 2.75) is 121 Å². The van der Waals surface area contributed by atoms with Gasteiger partial charge in [0.05, 0.1) is 17.8 Å². The Morgan fingerprint density at radius 1 is 0.840 bits per heavy atom. The molecule has 2 saturated carbocycles. The molecule has 0 aliphatic heterocycles. The summed E-state index contributed by atoms with van der Waals surface area (Å²) in [6.45, 7) is 23.2. The van der Waals surface area contributed by atoms with Crippen LogP contribution in [0, 0.1) is 5.92 Å². The molecule has 4 atom stereocenters. The van der Waals surface area contributed by atoms with Gasteiger partial charge in [0.25, 0.3) is 0 Å². The molecule has 148 valence electrons. The average molecular weight is 387 g/mol. The Balaban J connectivity index is 2.35. The molecule has 0 spiro atoms. The lowest BCUT2D eigenvalue weighted by Crippen LogP contribution is -2.58. The Hall–Kier alpha value is 0.314. The molecule has 0 saturated heterocycles. The van der Waals surface area contributed by atoms with Crippen molar-refractivity contribution in [2.24, 2.45) is 5.92 Å². The van der Waals surface area contributed by atoms with Crippen LogP contribution in [0.2, 0.25) is 36.3 Å². The minimum absolute atomic E-state index is 0.143. The second kappa shape index (κ2) is 6.44. The van der Waals surface area contributed by atoms with Crippen LogP contribution >= 0.6 is 0 Å². The molecular formula is C20H42O3Si2. The third-order valence-corrected chi connectivity index (χ3v) is 16.7. The van der Waals surface area contributed by atoms with Crippen LogP contribution in [-0.4, -0.2) is 39.6 Å². The average Bonchev–Trinajstić information content (AvgIpc) is 2.86. The lowest BCUT2D eigenvalue weighted by atomic mass is 9.92. The maximum Gasteiger partial charge on any atom is 0.192 e.